The molecule has 0 bridgehead atoms. The van der Waals surface area contributed by atoms with Crippen molar-refractivity contribution < 1.29 is 9.90 Å². The van der Waals surface area contributed by atoms with Crippen LogP contribution >= 0.6 is 11.3 Å². The molecule has 0 radical (unpaired) electrons. The number of carbonyl (C=O) groups is 1. The Balaban J connectivity index is 1.77. The van der Waals surface area contributed by atoms with E-state index in [4.69, 9.17) is 0 Å². The summed E-state index contributed by atoms with van der Waals surface area (Å²) in [4.78, 5) is 28.4. The van der Waals surface area contributed by atoms with Gasteiger partial charge in [-0.25, -0.2) is 0 Å². The molecule has 2 aromatic rings. The van der Waals surface area contributed by atoms with E-state index in [1.54, 1.807) is 10.6 Å². The lowest BCUT2D eigenvalue weighted by Gasteiger charge is -2.16. The van der Waals surface area contributed by atoms with Crippen LogP contribution in [0.4, 0.5) is 0 Å². The van der Waals surface area contributed by atoms with Gasteiger partial charge in [0, 0.05) is 12.6 Å². The van der Waals surface area contributed by atoms with Crippen molar-refractivity contribution in [3.8, 4) is 5.75 Å². The fraction of sp³-hybridized carbons (Fsp3) is 0.556. The first kappa shape index (κ1) is 17.9. The molecule has 0 spiro atoms. The summed E-state index contributed by atoms with van der Waals surface area (Å²) < 4.78 is 1.58. The van der Waals surface area contributed by atoms with Crippen LogP contribution in [0.25, 0.3) is 10.2 Å². The Hall–Kier alpha value is -1.86. The summed E-state index contributed by atoms with van der Waals surface area (Å²) >= 11 is 1.39. The predicted octanol–water partition coefficient (Wildman–Crippen LogP) is 2.57. The lowest BCUT2D eigenvalue weighted by molar-refractivity contribution is 0.0947. The number of carbonyl (C=O) groups excluding carboxylic acids is 1. The summed E-state index contributed by atoms with van der Waals surface area (Å²) in [5.41, 5.74) is -0.583. The summed E-state index contributed by atoms with van der Waals surface area (Å²) in [6.45, 7) is 7.50. The number of nitrogens with one attached hydrogen (secondary N) is 1. The summed E-state index contributed by atoms with van der Waals surface area (Å²) in [5, 5.41) is 15.6. The van der Waals surface area contributed by atoms with Crippen LogP contribution in [0.15, 0.2) is 16.2 Å². The topological polar surface area (TPSA) is 74.6 Å². The Morgan fingerprint density at radius 1 is 1.36 bits per heavy atom. The minimum atomic E-state index is -0.494. The van der Waals surface area contributed by atoms with Gasteiger partial charge in [-0.1, -0.05) is 0 Å². The molecule has 0 aliphatic carbocycles. The second-order valence-corrected chi connectivity index (χ2v) is 7.68. The van der Waals surface area contributed by atoms with Gasteiger partial charge in [-0.3, -0.25) is 14.2 Å². The van der Waals surface area contributed by atoms with Crippen LogP contribution < -0.4 is 10.9 Å². The van der Waals surface area contributed by atoms with Gasteiger partial charge in [-0.15, -0.1) is 11.3 Å². The molecular weight excluding hydrogens is 338 g/mol. The van der Waals surface area contributed by atoms with Crippen LogP contribution in [0, 0.1) is 0 Å². The van der Waals surface area contributed by atoms with E-state index < -0.39 is 11.5 Å². The number of hydrogen-bond donors (Lipinski definition) is 2. The number of aromatic nitrogens is 1. The number of nitrogens with zero attached hydrogens (tertiary/aromatic N) is 2. The molecule has 2 N–H and O–H groups in total. The molecule has 1 fully saturated rings. The summed E-state index contributed by atoms with van der Waals surface area (Å²) in [6, 6.07) is 1.66. The Bertz CT molecular complexity index is 819. The third-order valence-electron chi connectivity index (χ3n) is 4.67. The van der Waals surface area contributed by atoms with Gasteiger partial charge < -0.3 is 15.3 Å². The predicted molar refractivity (Wildman–Crippen MR) is 101 cm³/mol. The number of amides is 1. The normalized spacial score (nSPS) is 15.3. The maximum atomic E-state index is 12.8. The summed E-state index contributed by atoms with van der Waals surface area (Å²) in [5.74, 6) is -0.707. The molecule has 3 heterocycles. The number of likely N-dealkylation sites (tertiary alicyclic amines) is 1. The molecule has 6 nitrogen and oxygen atoms in total. The summed E-state index contributed by atoms with van der Waals surface area (Å²) in [7, 11) is 0. The van der Waals surface area contributed by atoms with E-state index in [9.17, 15) is 14.7 Å². The molecule has 0 saturated carbocycles. The Labute approximate surface area is 151 Å². The highest BCUT2D eigenvalue weighted by Gasteiger charge is 2.23. The van der Waals surface area contributed by atoms with E-state index in [1.165, 1.54) is 24.2 Å². The van der Waals surface area contributed by atoms with Crippen molar-refractivity contribution in [2.24, 2.45) is 0 Å². The largest absolute Gasteiger partial charge is 0.506 e. The fourth-order valence-corrected chi connectivity index (χ4v) is 4.42. The Morgan fingerprint density at radius 3 is 2.76 bits per heavy atom. The molecule has 7 heteroatoms. The number of hydrogen-bond acceptors (Lipinski definition) is 5. The minimum Gasteiger partial charge on any atom is -0.506 e. The van der Waals surface area contributed by atoms with Gasteiger partial charge in [-0.2, -0.15) is 0 Å². The number of pyridine rings is 1. The summed E-state index contributed by atoms with van der Waals surface area (Å²) in [6.07, 6.45) is 3.33. The molecule has 3 rings (SSSR count). The first-order chi connectivity index (χ1) is 12.0. The average molecular weight is 363 g/mol. The van der Waals surface area contributed by atoms with Crippen molar-refractivity contribution in [2.45, 2.75) is 39.2 Å². The first-order valence-corrected chi connectivity index (χ1v) is 9.74. The second-order valence-electron chi connectivity index (χ2n) is 6.79. The third-order valence-corrected chi connectivity index (χ3v) is 5.58. The molecule has 1 aliphatic rings. The standard InChI is InChI=1S/C18H25N3O3S/c1-12(2)21-17(24)14(15(22)13-6-11-25-18(13)21)16(23)19-7-5-10-20-8-3-4-9-20/h6,11-12,22H,3-5,7-10H2,1-2H3,(H,19,23). The number of fused-ring (bicyclic) bond motifs is 1. The number of thiophene rings is 1. The highest BCUT2D eigenvalue weighted by molar-refractivity contribution is 7.16. The minimum absolute atomic E-state index is 0.0871. The van der Waals surface area contributed by atoms with Crippen LogP contribution in [0.3, 0.4) is 0 Å². The molecule has 1 saturated heterocycles. The van der Waals surface area contributed by atoms with Crippen molar-refractivity contribution in [1.29, 1.82) is 0 Å². The smallest absolute Gasteiger partial charge is 0.268 e. The zero-order chi connectivity index (χ0) is 18.0. The quantitative estimate of drug-likeness (QED) is 0.774. The maximum absolute atomic E-state index is 12.8. The second kappa shape index (κ2) is 7.58. The molecule has 0 atom stereocenters. The van der Waals surface area contributed by atoms with E-state index >= 15 is 0 Å². The van der Waals surface area contributed by atoms with Gasteiger partial charge in [0.25, 0.3) is 11.5 Å². The van der Waals surface area contributed by atoms with Crippen molar-refractivity contribution in [3.63, 3.8) is 0 Å². The average Bonchev–Trinajstić information content (AvgIpc) is 3.23. The molecular formula is C18H25N3O3S. The molecule has 0 unspecified atom stereocenters. The van der Waals surface area contributed by atoms with Crippen LogP contribution in [0.2, 0.25) is 0 Å². The number of aromatic hydroxyl groups is 1. The van der Waals surface area contributed by atoms with Crippen molar-refractivity contribution in [2.75, 3.05) is 26.2 Å². The third kappa shape index (κ3) is 3.57. The van der Waals surface area contributed by atoms with Crippen LogP contribution in [-0.4, -0.2) is 46.7 Å². The number of rotatable bonds is 6. The van der Waals surface area contributed by atoms with E-state index in [2.05, 4.69) is 10.2 Å². The van der Waals surface area contributed by atoms with Gasteiger partial charge in [0.15, 0.2) is 0 Å². The van der Waals surface area contributed by atoms with Gasteiger partial charge in [0.05, 0.1) is 5.39 Å². The molecule has 136 valence electrons. The van der Waals surface area contributed by atoms with E-state index in [-0.39, 0.29) is 17.4 Å². The SMILES string of the molecule is CC(C)n1c(=O)c(C(=O)NCCCN2CCCC2)c(O)c2ccsc21. The Morgan fingerprint density at radius 2 is 2.08 bits per heavy atom. The van der Waals surface area contributed by atoms with E-state index in [0.717, 1.165) is 26.1 Å². The van der Waals surface area contributed by atoms with Crippen LogP contribution in [-0.2, 0) is 0 Å². The molecule has 25 heavy (non-hydrogen) atoms. The van der Waals surface area contributed by atoms with Crippen molar-refractivity contribution >= 4 is 27.5 Å². The molecule has 1 aliphatic heterocycles. The monoisotopic (exact) mass is 363 g/mol. The van der Waals surface area contributed by atoms with Gasteiger partial charge in [-0.05, 0) is 64.2 Å². The molecule has 0 aromatic carbocycles. The van der Waals surface area contributed by atoms with Gasteiger partial charge in [0.2, 0.25) is 0 Å². The molecule has 2 aromatic heterocycles. The Kier molecular flexibility index (Phi) is 5.44. The van der Waals surface area contributed by atoms with Crippen molar-refractivity contribution in [3.05, 3.63) is 27.4 Å². The lowest BCUT2D eigenvalue weighted by Crippen LogP contribution is -2.35. The van der Waals surface area contributed by atoms with Crippen LogP contribution in [0.1, 0.15) is 49.5 Å². The fourth-order valence-electron chi connectivity index (χ4n) is 3.39. The van der Waals surface area contributed by atoms with Crippen molar-refractivity contribution in [1.82, 2.24) is 14.8 Å². The van der Waals surface area contributed by atoms with Gasteiger partial charge >= 0.3 is 0 Å². The first-order valence-electron chi connectivity index (χ1n) is 8.86. The van der Waals surface area contributed by atoms with E-state index in [1.807, 2.05) is 19.2 Å². The zero-order valence-corrected chi connectivity index (χ0v) is 15.6. The van der Waals surface area contributed by atoms with Gasteiger partial charge in [0.1, 0.15) is 16.1 Å². The van der Waals surface area contributed by atoms with Crippen LogP contribution in [0.5, 0.6) is 5.75 Å². The molecule has 1 amide bonds. The zero-order valence-electron chi connectivity index (χ0n) is 14.7. The lowest BCUT2D eigenvalue weighted by atomic mass is 10.1. The van der Waals surface area contributed by atoms with E-state index in [0.29, 0.717) is 16.8 Å². The highest BCUT2D eigenvalue weighted by atomic mass is 32.1. The maximum Gasteiger partial charge on any atom is 0.268 e. The highest BCUT2D eigenvalue weighted by Crippen LogP contribution is 2.31.